The van der Waals surface area contributed by atoms with Crippen LogP contribution in [0, 0.1) is 6.92 Å². The van der Waals surface area contributed by atoms with E-state index in [2.05, 4.69) is 30.0 Å². The van der Waals surface area contributed by atoms with Crippen LogP contribution in [0.25, 0.3) is 21.9 Å². The molecule has 14 nitrogen and oxygen atoms in total. The molecular weight excluding hydrogens is 780 g/mol. The monoisotopic (exact) mass is 825 g/mol. The molecule has 18 heteroatoms. The van der Waals surface area contributed by atoms with Crippen LogP contribution in [0.1, 0.15) is 66.5 Å². The SMILES string of the molecule is COC(=O)c1ccc2c(c1)[nH]c1nc(Cc3cccc(C(=NOS(=O)(=O)c4ccc(C)cc4)C(F)(F)F)c3)nc(NCCCN(C)CCCNC(=O)OC(C)(C)C)c12. The van der Waals surface area contributed by atoms with Crippen molar-refractivity contribution in [2.75, 3.05) is 45.7 Å². The molecule has 310 valence electrons. The average Bonchev–Trinajstić information content (AvgIpc) is 3.51. The molecular formula is C40H46F3N7O7S. The molecule has 0 aliphatic rings. The number of alkyl carbamates (subject to hydrolysis) is 1. The highest BCUT2D eigenvalue weighted by molar-refractivity contribution is 7.86. The van der Waals surface area contributed by atoms with Crippen molar-refractivity contribution in [1.29, 1.82) is 0 Å². The zero-order chi connectivity index (χ0) is 42.3. The maximum atomic E-state index is 14.3. The van der Waals surface area contributed by atoms with E-state index in [1.54, 1.807) is 52.0 Å². The Balaban J connectivity index is 1.35. The van der Waals surface area contributed by atoms with Crippen molar-refractivity contribution in [3.05, 3.63) is 94.8 Å². The van der Waals surface area contributed by atoms with E-state index in [-0.39, 0.29) is 17.1 Å². The Hall–Kier alpha value is -5.75. The number of H-pyrrole nitrogens is 1. The van der Waals surface area contributed by atoms with Crippen molar-refractivity contribution in [3.8, 4) is 0 Å². The Morgan fingerprint density at radius 2 is 1.64 bits per heavy atom. The van der Waals surface area contributed by atoms with Crippen LogP contribution in [0.15, 0.2) is 76.8 Å². The number of nitrogens with one attached hydrogen (secondary N) is 3. The van der Waals surface area contributed by atoms with E-state index in [1.165, 1.54) is 43.5 Å². The third kappa shape index (κ3) is 11.7. The molecule has 3 N–H and O–H groups in total. The summed E-state index contributed by atoms with van der Waals surface area (Å²) in [4.78, 5) is 38.7. The summed E-state index contributed by atoms with van der Waals surface area (Å²) in [5, 5.41) is 10.6. The number of hydrogen-bond donors (Lipinski definition) is 3. The van der Waals surface area contributed by atoms with Gasteiger partial charge in [-0.25, -0.2) is 19.6 Å². The second kappa shape index (κ2) is 18.2. The van der Waals surface area contributed by atoms with Crippen molar-refractivity contribution in [3.63, 3.8) is 0 Å². The Bertz CT molecular complexity index is 2390. The lowest BCUT2D eigenvalue weighted by Crippen LogP contribution is -2.34. The number of carbonyl (C=O) groups is 2. The van der Waals surface area contributed by atoms with Gasteiger partial charge in [0, 0.05) is 36.0 Å². The molecule has 0 spiro atoms. The molecule has 5 rings (SSSR count). The summed E-state index contributed by atoms with van der Waals surface area (Å²) in [7, 11) is -1.37. The largest absolute Gasteiger partial charge is 0.465 e. The number of rotatable bonds is 16. The van der Waals surface area contributed by atoms with E-state index in [4.69, 9.17) is 19.4 Å². The Morgan fingerprint density at radius 1 is 0.931 bits per heavy atom. The number of alkyl halides is 3. The molecule has 1 amide bonds. The standard InChI is InChI=1S/C40H46F3N7O7S/c1-25-12-15-29(16-13-25)58(53,54)57-49-34(40(41,42)43)27-11-7-10-26(22-27)23-32-47-35(33-30-17-14-28(37(51)55-6)24-31(30)46-36(33)48-32)44-18-8-20-50(5)21-9-19-45-38(52)56-39(2,3)4/h7,10-17,22,24H,8-9,18-21,23H2,1-6H3,(H,45,52)(H2,44,46,47,48). The third-order valence-electron chi connectivity index (χ3n) is 8.68. The van der Waals surface area contributed by atoms with E-state index in [9.17, 15) is 31.2 Å². The van der Waals surface area contributed by atoms with Crippen LogP contribution >= 0.6 is 0 Å². The van der Waals surface area contributed by atoms with Crippen molar-refractivity contribution < 1.29 is 44.9 Å². The van der Waals surface area contributed by atoms with Gasteiger partial charge >= 0.3 is 28.4 Å². The van der Waals surface area contributed by atoms with Gasteiger partial charge in [0.05, 0.1) is 18.1 Å². The topological polar surface area (TPSA) is 177 Å². The van der Waals surface area contributed by atoms with Gasteiger partial charge in [-0.1, -0.05) is 47.1 Å². The molecule has 2 heterocycles. The maximum Gasteiger partial charge on any atom is 0.437 e. The molecule has 5 aromatic rings. The van der Waals surface area contributed by atoms with Crippen LogP contribution < -0.4 is 10.6 Å². The molecule has 2 aromatic heterocycles. The van der Waals surface area contributed by atoms with Gasteiger partial charge in [-0.3, -0.25) is 4.28 Å². The van der Waals surface area contributed by atoms with Crippen LogP contribution in [0.4, 0.5) is 23.8 Å². The number of ether oxygens (including phenoxy) is 2. The number of hydrogen-bond acceptors (Lipinski definition) is 12. The Morgan fingerprint density at radius 3 is 2.31 bits per heavy atom. The summed E-state index contributed by atoms with van der Waals surface area (Å²) >= 11 is 0. The minimum absolute atomic E-state index is 0.00500. The normalized spacial score (nSPS) is 12.6. The van der Waals surface area contributed by atoms with Gasteiger partial charge in [0.2, 0.25) is 0 Å². The van der Waals surface area contributed by atoms with Gasteiger partial charge in [-0.2, -0.15) is 21.6 Å². The van der Waals surface area contributed by atoms with Gasteiger partial charge in [0.15, 0.2) is 5.71 Å². The highest BCUT2D eigenvalue weighted by Gasteiger charge is 2.39. The summed E-state index contributed by atoms with van der Waals surface area (Å²) in [5.41, 5.74) is -0.0451. The minimum Gasteiger partial charge on any atom is -0.465 e. The molecule has 0 radical (unpaired) electrons. The number of amides is 1. The number of aryl methyl sites for hydroxylation is 1. The van der Waals surface area contributed by atoms with Crippen LogP contribution in [-0.4, -0.2) is 98.2 Å². The number of aromatic nitrogens is 3. The van der Waals surface area contributed by atoms with Gasteiger partial charge in [-0.15, -0.1) is 0 Å². The molecule has 0 unspecified atom stereocenters. The molecule has 0 bridgehead atoms. The lowest BCUT2D eigenvalue weighted by molar-refractivity contribution is -0.0597. The molecule has 0 aliphatic heterocycles. The van der Waals surface area contributed by atoms with E-state index >= 15 is 0 Å². The number of benzene rings is 3. The smallest absolute Gasteiger partial charge is 0.437 e. The number of nitrogens with zero attached hydrogens (tertiary/aromatic N) is 4. The number of halogens is 3. The number of methoxy groups -OCH3 is 1. The summed E-state index contributed by atoms with van der Waals surface area (Å²) < 4.78 is 82.9. The number of aromatic amines is 1. The van der Waals surface area contributed by atoms with E-state index < -0.39 is 45.2 Å². The summed E-state index contributed by atoms with van der Waals surface area (Å²) in [6.45, 7) is 9.57. The molecule has 58 heavy (non-hydrogen) atoms. The summed E-state index contributed by atoms with van der Waals surface area (Å²) in [5.74, 6) is 0.227. The number of fused-ring (bicyclic) bond motifs is 3. The molecule has 0 fully saturated rings. The first-order chi connectivity index (χ1) is 27.3. The van der Waals surface area contributed by atoms with Crippen LogP contribution in [0.2, 0.25) is 0 Å². The lowest BCUT2D eigenvalue weighted by Gasteiger charge is -2.20. The zero-order valence-electron chi connectivity index (χ0n) is 33.0. The van der Waals surface area contributed by atoms with Crippen molar-refractivity contribution in [2.24, 2.45) is 5.16 Å². The van der Waals surface area contributed by atoms with E-state index in [0.29, 0.717) is 46.6 Å². The highest BCUT2D eigenvalue weighted by atomic mass is 32.2. The van der Waals surface area contributed by atoms with Crippen molar-refractivity contribution in [1.82, 2.24) is 25.2 Å². The first-order valence-corrected chi connectivity index (χ1v) is 19.8. The van der Waals surface area contributed by atoms with Gasteiger partial charge < -0.3 is 30.0 Å². The second-order valence-electron chi connectivity index (χ2n) is 14.6. The van der Waals surface area contributed by atoms with E-state index in [1.807, 2.05) is 7.05 Å². The fraction of sp³-hybridized carbons (Fsp3) is 0.375. The average molecular weight is 826 g/mol. The van der Waals surface area contributed by atoms with Gasteiger partial charge in [0.25, 0.3) is 0 Å². The Labute approximate surface area is 334 Å². The first-order valence-electron chi connectivity index (χ1n) is 18.4. The maximum absolute atomic E-state index is 14.3. The van der Waals surface area contributed by atoms with Crippen molar-refractivity contribution >= 4 is 55.6 Å². The van der Waals surface area contributed by atoms with Crippen LogP contribution in [-0.2, 0) is 30.3 Å². The number of esters is 1. The zero-order valence-corrected chi connectivity index (χ0v) is 33.8. The third-order valence-corrected chi connectivity index (χ3v) is 9.80. The summed E-state index contributed by atoms with van der Waals surface area (Å²) in [6.07, 6.45) is -4.09. The molecule has 0 aliphatic carbocycles. The van der Waals surface area contributed by atoms with Gasteiger partial charge in [-0.05, 0) is 96.6 Å². The minimum atomic E-state index is -5.06. The fourth-order valence-electron chi connectivity index (χ4n) is 5.93. The van der Waals surface area contributed by atoms with Crippen molar-refractivity contribution in [2.45, 2.75) is 63.6 Å². The first kappa shape index (κ1) is 43.4. The predicted molar refractivity (Wildman–Crippen MR) is 213 cm³/mol. The fourth-order valence-corrected chi connectivity index (χ4v) is 6.66. The Kier molecular flexibility index (Phi) is 13.6. The lowest BCUT2D eigenvalue weighted by atomic mass is 10.0. The number of carbonyl (C=O) groups excluding carboxylic acids is 2. The quantitative estimate of drug-likeness (QED) is 0.0400. The molecule has 3 aromatic carbocycles. The molecule has 0 saturated heterocycles. The molecule has 0 saturated carbocycles. The highest BCUT2D eigenvalue weighted by Crippen LogP contribution is 2.31. The van der Waals surface area contributed by atoms with Gasteiger partial charge in [0.1, 0.15) is 27.8 Å². The van der Waals surface area contributed by atoms with Crippen LogP contribution in [0.5, 0.6) is 0 Å². The predicted octanol–water partition coefficient (Wildman–Crippen LogP) is 7.12. The van der Waals surface area contributed by atoms with Crippen LogP contribution in [0.3, 0.4) is 0 Å². The number of anilines is 1. The molecule has 0 atom stereocenters. The summed E-state index contributed by atoms with van der Waals surface area (Å²) in [6, 6.07) is 15.8. The second-order valence-corrected chi connectivity index (χ2v) is 16.1. The van der Waals surface area contributed by atoms with E-state index in [0.717, 1.165) is 42.9 Å². The number of oxime groups is 1.